The number of hydrogen-bond acceptors (Lipinski definition) is 1. The Morgan fingerprint density at radius 3 is 2.20 bits per heavy atom. The summed E-state index contributed by atoms with van der Waals surface area (Å²) in [5.74, 6) is 0. The van der Waals surface area contributed by atoms with Gasteiger partial charge in [-0.15, -0.1) is 0 Å². The highest BCUT2D eigenvalue weighted by molar-refractivity contribution is 6.65. The third kappa shape index (κ3) is 6.14. The molecule has 0 bridgehead atoms. The summed E-state index contributed by atoms with van der Waals surface area (Å²) in [5.41, 5.74) is 0. The quantitative estimate of drug-likeness (QED) is 0.366. The molecule has 0 aromatic carbocycles. The van der Waals surface area contributed by atoms with E-state index < -0.39 is 0 Å². The number of rotatable bonds is 2. The van der Waals surface area contributed by atoms with Crippen molar-refractivity contribution in [2.24, 2.45) is 4.99 Å². The van der Waals surface area contributed by atoms with Gasteiger partial charge in [0.25, 0.3) is 0 Å². The highest BCUT2D eigenvalue weighted by Crippen LogP contribution is 2.10. The van der Waals surface area contributed by atoms with Crippen LogP contribution >= 0.6 is 34.8 Å². The van der Waals surface area contributed by atoms with E-state index in [9.17, 15) is 0 Å². The van der Waals surface area contributed by atoms with E-state index in [0.29, 0.717) is 10.2 Å². The van der Waals surface area contributed by atoms with Crippen LogP contribution in [-0.2, 0) is 0 Å². The molecule has 0 rings (SSSR count). The van der Waals surface area contributed by atoms with E-state index in [2.05, 4.69) is 11.6 Å². The van der Waals surface area contributed by atoms with Gasteiger partial charge in [0.1, 0.15) is 10.3 Å². The summed E-state index contributed by atoms with van der Waals surface area (Å²) < 4.78 is 0. The molecule has 0 amide bonds. The average Bonchev–Trinajstić information content (AvgIpc) is 1.58. The van der Waals surface area contributed by atoms with Crippen molar-refractivity contribution in [2.75, 3.05) is 0 Å². The van der Waals surface area contributed by atoms with Crippen LogP contribution in [0.4, 0.5) is 0 Å². The molecule has 0 aromatic rings. The lowest BCUT2D eigenvalue weighted by Gasteiger charge is -1.87. The van der Waals surface area contributed by atoms with Gasteiger partial charge in [0.15, 0.2) is 0 Å². The van der Waals surface area contributed by atoms with Crippen molar-refractivity contribution in [1.82, 2.24) is 0 Å². The maximum atomic E-state index is 5.51. The Morgan fingerprint density at radius 2 is 1.90 bits per heavy atom. The minimum atomic E-state index is 0.229. The fourth-order valence-electron chi connectivity index (χ4n) is 0.309. The molecule has 0 radical (unpaired) electrons. The molecule has 0 aromatic heterocycles. The van der Waals surface area contributed by atoms with Crippen molar-refractivity contribution in [3.05, 3.63) is 22.8 Å². The summed E-state index contributed by atoms with van der Waals surface area (Å²) in [6, 6.07) is 0. The summed E-state index contributed by atoms with van der Waals surface area (Å²) in [7, 11) is 0. The van der Waals surface area contributed by atoms with Crippen LogP contribution in [0.1, 0.15) is 6.92 Å². The van der Waals surface area contributed by atoms with Crippen LogP contribution in [0.3, 0.4) is 0 Å². The molecule has 10 heavy (non-hydrogen) atoms. The standard InChI is InChI=1S/C6H6Cl3N/c1-4(7)3-6(9)10-5(2)8/h3H,1H2,2H3/b6-3-,10-5?. The highest BCUT2D eigenvalue weighted by atomic mass is 35.5. The van der Waals surface area contributed by atoms with Crippen molar-refractivity contribution in [1.29, 1.82) is 0 Å². The predicted octanol–water partition coefficient (Wildman–Crippen LogP) is 3.48. The molecule has 56 valence electrons. The van der Waals surface area contributed by atoms with Gasteiger partial charge in [-0.2, -0.15) is 0 Å². The Hall–Kier alpha value is 0.0200. The Balaban J connectivity index is 4.22. The van der Waals surface area contributed by atoms with Crippen LogP contribution < -0.4 is 0 Å². The third-order valence-electron chi connectivity index (χ3n) is 0.537. The fourth-order valence-corrected chi connectivity index (χ4v) is 0.861. The van der Waals surface area contributed by atoms with Gasteiger partial charge < -0.3 is 0 Å². The van der Waals surface area contributed by atoms with Crippen molar-refractivity contribution < 1.29 is 0 Å². The topological polar surface area (TPSA) is 12.4 Å². The molecule has 0 N–H and O–H groups in total. The molecule has 0 atom stereocenters. The molecular formula is C6H6Cl3N. The van der Waals surface area contributed by atoms with Gasteiger partial charge in [-0.05, 0) is 13.0 Å². The molecule has 0 heterocycles. The van der Waals surface area contributed by atoms with E-state index in [4.69, 9.17) is 34.8 Å². The van der Waals surface area contributed by atoms with Crippen molar-refractivity contribution >= 4 is 40.0 Å². The Kier molecular flexibility index (Phi) is 4.79. The number of hydrogen-bond donors (Lipinski definition) is 0. The van der Waals surface area contributed by atoms with E-state index in [1.165, 1.54) is 6.08 Å². The summed E-state index contributed by atoms with van der Waals surface area (Å²) in [6.45, 7) is 5.01. The zero-order valence-electron chi connectivity index (χ0n) is 5.37. The van der Waals surface area contributed by atoms with Crippen LogP contribution in [0.2, 0.25) is 0 Å². The minimum Gasteiger partial charge on any atom is -0.229 e. The normalized spacial score (nSPS) is 13.6. The molecule has 0 spiro atoms. The number of aliphatic imine (C=N–C) groups is 1. The highest BCUT2D eigenvalue weighted by Gasteiger charge is 1.88. The second-order valence-corrected chi connectivity index (χ2v) is 2.94. The Labute approximate surface area is 75.0 Å². The molecule has 4 heteroatoms. The van der Waals surface area contributed by atoms with Gasteiger partial charge in [-0.1, -0.05) is 41.4 Å². The van der Waals surface area contributed by atoms with E-state index in [1.807, 2.05) is 0 Å². The van der Waals surface area contributed by atoms with Gasteiger partial charge >= 0.3 is 0 Å². The smallest absolute Gasteiger partial charge is 0.131 e. The van der Waals surface area contributed by atoms with Gasteiger partial charge in [0.2, 0.25) is 0 Å². The Bertz CT molecular complexity index is 189. The third-order valence-corrected chi connectivity index (χ3v) is 0.924. The zero-order chi connectivity index (χ0) is 8.15. The lowest BCUT2D eigenvalue weighted by atomic mass is 10.6. The molecule has 0 aliphatic carbocycles. The van der Waals surface area contributed by atoms with Crippen molar-refractivity contribution in [3.63, 3.8) is 0 Å². The molecule has 0 aliphatic heterocycles. The van der Waals surface area contributed by atoms with Gasteiger partial charge in [-0.3, -0.25) is 0 Å². The van der Waals surface area contributed by atoms with Gasteiger partial charge in [-0.25, -0.2) is 4.99 Å². The largest absolute Gasteiger partial charge is 0.229 e. The first-order valence-corrected chi connectivity index (χ1v) is 3.58. The molecule has 0 fully saturated rings. The van der Waals surface area contributed by atoms with Gasteiger partial charge in [0, 0.05) is 5.03 Å². The van der Waals surface area contributed by atoms with E-state index in [1.54, 1.807) is 6.92 Å². The first-order chi connectivity index (χ1) is 4.52. The first kappa shape index (κ1) is 10.0. The summed E-state index contributed by atoms with van der Waals surface area (Å²) in [5, 5.41) is 0.915. The lowest BCUT2D eigenvalue weighted by Crippen LogP contribution is -1.74. The SMILES string of the molecule is C=C(Cl)/C=C(/Cl)N=C(C)Cl. The van der Waals surface area contributed by atoms with Crippen LogP contribution in [0.15, 0.2) is 27.8 Å². The second kappa shape index (κ2) is 4.78. The minimum absolute atomic E-state index is 0.229. The summed E-state index contributed by atoms with van der Waals surface area (Å²) in [6.07, 6.45) is 1.41. The number of halogens is 3. The first-order valence-electron chi connectivity index (χ1n) is 2.45. The summed E-state index contributed by atoms with van der Waals surface area (Å²) >= 11 is 16.3. The average molecular weight is 198 g/mol. The number of allylic oxidation sites excluding steroid dienone is 2. The maximum absolute atomic E-state index is 5.51. The summed E-state index contributed by atoms with van der Waals surface area (Å²) in [4.78, 5) is 3.68. The molecular weight excluding hydrogens is 192 g/mol. The van der Waals surface area contributed by atoms with E-state index in [0.717, 1.165) is 0 Å². The fraction of sp³-hybridized carbons (Fsp3) is 0.167. The molecule has 0 saturated heterocycles. The van der Waals surface area contributed by atoms with E-state index >= 15 is 0 Å². The van der Waals surface area contributed by atoms with Crippen LogP contribution in [0, 0.1) is 0 Å². The Morgan fingerprint density at radius 1 is 1.40 bits per heavy atom. The molecule has 0 unspecified atom stereocenters. The number of nitrogens with zero attached hydrogens (tertiary/aromatic N) is 1. The zero-order valence-corrected chi connectivity index (χ0v) is 7.63. The van der Waals surface area contributed by atoms with Crippen LogP contribution in [0.25, 0.3) is 0 Å². The molecule has 0 saturated carbocycles. The van der Waals surface area contributed by atoms with Crippen LogP contribution in [-0.4, -0.2) is 5.17 Å². The molecule has 1 nitrogen and oxygen atoms in total. The van der Waals surface area contributed by atoms with E-state index in [-0.39, 0.29) is 5.16 Å². The van der Waals surface area contributed by atoms with Crippen LogP contribution in [0.5, 0.6) is 0 Å². The second-order valence-electron chi connectivity index (χ2n) is 1.52. The maximum Gasteiger partial charge on any atom is 0.131 e. The van der Waals surface area contributed by atoms with Crippen molar-refractivity contribution in [3.8, 4) is 0 Å². The van der Waals surface area contributed by atoms with Crippen molar-refractivity contribution in [2.45, 2.75) is 6.92 Å². The monoisotopic (exact) mass is 197 g/mol. The molecule has 0 aliphatic rings. The lowest BCUT2D eigenvalue weighted by molar-refractivity contribution is 1.50. The van der Waals surface area contributed by atoms with Gasteiger partial charge in [0.05, 0.1) is 0 Å². The predicted molar refractivity (Wildman–Crippen MR) is 47.9 cm³/mol.